The molecule has 8 aromatic carbocycles. The average Bonchev–Trinajstić information content (AvgIpc) is 3.78. The normalized spacial score (nSPS) is 13.2. The maximum absolute atomic E-state index is 6.25. The summed E-state index contributed by atoms with van der Waals surface area (Å²) in [5.74, 6) is 0. The van der Waals surface area contributed by atoms with Crippen molar-refractivity contribution in [2.75, 3.05) is 9.80 Å². The fraction of sp³-hybridized carbons (Fsp3) is 0. The quantitative estimate of drug-likeness (QED) is 0.174. The summed E-state index contributed by atoms with van der Waals surface area (Å²) in [5, 5.41) is 4.51. The Morgan fingerprint density at radius 2 is 0.830 bits per heavy atom. The Balaban J connectivity index is 1.06. The molecule has 0 saturated heterocycles. The smallest absolute Gasteiger partial charge is 0.252 e. The molecule has 0 unspecified atom stereocenters. The van der Waals surface area contributed by atoms with E-state index >= 15 is 0 Å². The number of anilines is 6. The monoisotopic (exact) mass is 676 g/mol. The maximum Gasteiger partial charge on any atom is 0.252 e. The van der Waals surface area contributed by atoms with Crippen molar-refractivity contribution >= 4 is 101 Å². The molecule has 0 atom stereocenters. The Morgan fingerprint density at radius 1 is 0.340 bits per heavy atom. The van der Waals surface area contributed by atoms with E-state index in [1.807, 2.05) is 24.3 Å². The first-order valence-corrected chi connectivity index (χ1v) is 18.1. The van der Waals surface area contributed by atoms with Crippen LogP contribution < -0.4 is 26.2 Å². The standard InChI is InChI=1S/C48H29BN2O2/c1-7-21-44-34(13-1)36-28-31(23-25-46(36)52-44)30-11-9-12-32(27-30)50-40-17-5-3-15-38(40)49-39-16-4-6-18-41(39)51(43-20-10-19-42(50)48(43)49)33-24-26-47-37(29-33)35-14-2-8-22-45(35)53-47/h1-29H. The summed E-state index contributed by atoms with van der Waals surface area (Å²) >= 11 is 0. The first-order valence-electron chi connectivity index (χ1n) is 18.1. The SMILES string of the molecule is c1cc(-c2ccc3oc4ccccc4c3c2)cc(N2c3ccccc3B3c4ccccc4N(c4ccc5oc6ccccc6c5c4)c4cccc2c43)c1. The molecule has 2 aromatic heterocycles. The van der Waals surface area contributed by atoms with Crippen LogP contribution in [0.3, 0.4) is 0 Å². The van der Waals surface area contributed by atoms with E-state index in [0.29, 0.717) is 0 Å². The van der Waals surface area contributed by atoms with E-state index in [2.05, 4.69) is 161 Å². The molecule has 10 aromatic rings. The van der Waals surface area contributed by atoms with Crippen LogP contribution in [0.1, 0.15) is 0 Å². The van der Waals surface area contributed by atoms with Gasteiger partial charge in [-0.1, -0.05) is 97.1 Å². The van der Waals surface area contributed by atoms with Crippen LogP contribution in [0.25, 0.3) is 55.0 Å². The predicted molar refractivity (Wildman–Crippen MR) is 220 cm³/mol. The number of benzene rings is 8. The summed E-state index contributed by atoms with van der Waals surface area (Å²) in [6.45, 7) is 0.0829. The van der Waals surface area contributed by atoms with Crippen LogP contribution in [0.15, 0.2) is 185 Å². The number of hydrogen-bond acceptors (Lipinski definition) is 4. The van der Waals surface area contributed by atoms with Crippen LogP contribution in [-0.2, 0) is 0 Å². The molecular formula is C48H29BN2O2. The molecular weight excluding hydrogens is 647 g/mol. The molecule has 0 radical (unpaired) electrons. The van der Waals surface area contributed by atoms with Gasteiger partial charge in [0.15, 0.2) is 0 Å². The molecule has 4 nitrogen and oxygen atoms in total. The predicted octanol–water partition coefficient (Wildman–Crippen LogP) is 11.2. The van der Waals surface area contributed by atoms with Crippen LogP contribution in [0.4, 0.5) is 34.1 Å². The largest absolute Gasteiger partial charge is 0.456 e. The second kappa shape index (κ2) is 10.8. The highest BCUT2D eigenvalue weighted by molar-refractivity contribution is 7.00. The molecule has 53 heavy (non-hydrogen) atoms. The van der Waals surface area contributed by atoms with Gasteiger partial charge in [0.05, 0.1) is 0 Å². The summed E-state index contributed by atoms with van der Waals surface area (Å²) in [6.07, 6.45) is 0. The molecule has 12 rings (SSSR count). The zero-order valence-electron chi connectivity index (χ0n) is 28.5. The molecule has 2 aliphatic rings. The van der Waals surface area contributed by atoms with E-state index in [1.54, 1.807) is 0 Å². The third-order valence-electron chi connectivity index (χ3n) is 11.2. The number of fused-ring (bicyclic) bond motifs is 10. The summed E-state index contributed by atoms with van der Waals surface area (Å²) in [6, 6.07) is 63.3. The Labute approximate surface area is 305 Å². The minimum Gasteiger partial charge on any atom is -0.456 e. The average molecular weight is 677 g/mol. The molecule has 0 fully saturated rings. The van der Waals surface area contributed by atoms with Gasteiger partial charge < -0.3 is 18.6 Å². The Bertz CT molecular complexity index is 3120. The van der Waals surface area contributed by atoms with Gasteiger partial charge in [0.25, 0.3) is 6.71 Å². The molecule has 0 spiro atoms. The molecule has 246 valence electrons. The van der Waals surface area contributed by atoms with E-state index in [1.165, 1.54) is 39.1 Å². The van der Waals surface area contributed by atoms with E-state index in [0.717, 1.165) is 66.4 Å². The van der Waals surface area contributed by atoms with Crippen molar-refractivity contribution in [1.29, 1.82) is 0 Å². The van der Waals surface area contributed by atoms with Gasteiger partial charge in [-0.3, -0.25) is 0 Å². The van der Waals surface area contributed by atoms with Crippen LogP contribution >= 0.6 is 0 Å². The van der Waals surface area contributed by atoms with E-state index in [9.17, 15) is 0 Å². The fourth-order valence-electron chi connectivity index (χ4n) is 8.98. The first kappa shape index (κ1) is 28.7. The number of furan rings is 2. The third-order valence-corrected chi connectivity index (χ3v) is 11.2. The second-order valence-corrected chi connectivity index (χ2v) is 14.1. The first-order chi connectivity index (χ1) is 26.3. The van der Waals surface area contributed by atoms with Gasteiger partial charge in [-0.25, -0.2) is 0 Å². The van der Waals surface area contributed by atoms with Gasteiger partial charge in [-0.2, -0.15) is 0 Å². The van der Waals surface area contributed by atoms with Crippen molar-refractivity contribution in [3.05, 3.63) is 176 Å². The zero-order valence-corrected chi connectivity index (χ0v) is 28.5. The fourth-order valence-corrected chi connectivity index (χ4v) is 8.98. The third kappa shape index (κ3) is 4.07. The summed E-state index contributed by atoms with van der Waals surface area (Å²) in [5.41, 5.74) is 16.8. The minimum absolute atomic E-state index is 0.0829. The lowest BCUT2D eigenvalue weighted by Crippen LogP contribution is -2.61. The Morgan fingerprint density at radius 3 is 1.51 bits per heavy atom. The van der Waals surface area contributed by atoms with Crippen LogP contribution in [0.2, 0.25) is 0 Å². The molecule has 5 heteroatoms. The number of nitrogens with zero attached hydrogens (tertiary/aromatic N) is 2. The molecule has 0 N–H and O–H groups in total. The van der Waals surface area contributed by atoms with E-state index < -0.39 is 0 Å². The highest BCUT2D eigenvalue weighted by Gasteiger charge is 2.42. The van der Waals surface area contributed by atoms with E-state index in [4.69, 9.17) is 8.83 Å². The molecule has 0 aliphatic carbocycles. The van der Waals surface area contributed by atoms with Crippen molar-refractivity contribution in [1.82, 2.24) is 0 Å². The number of para-hydroxylation sites is 4. The van der Waals surface area contributed by atoms with Crippen LogP contribution in [-0.4, -0.2) is 6.71 Å². The molecule has 0 bridgehead atoms. The zero-order chi connectivity index (χ0) is 34.6. The van der Waals surface area contributed by atoms with Gasteiger partial charge in [0, 0.05) is 55.7 Å². The van der Waals surface area contributed by atoms with Crippen molar-refractivity contribution in [2.24, 2.45) is 0 Å². The maximum atomic E-state index is 6.25. The number of rotatable bonds is 3. The van der Waals surface area contributed by atoms with Gasteiger partial charge in [-0.05, 0) is 106 Å². The van der Waals surface area contributed by atoms with Gasteiger partial charge in [-0.15, -0.1) is 0 Å². The highest BCUT2D eigenvalue weighted by Crippen LogP contribution is 2.45. The van der Waals surface area contributed by atoms with Gasteiger partial charge in [0.1, 0.15) is 22.3 Å². The van der Waals surface area contributed by atoms with E-state index in [-0.39, 0.29) is 6.71 Å². The second-order valence-electron chi connectivity index (χ2n) is 14.1. The van der Waals surface area contributed by atoms with Crippen molar-refractivity contribution in [2.45, 2.75) is 0 Å². The van der Waals surface area contributed by atoms with Crippen LogP contribution in [0.5, 0.6) is 0 Å². The molecule has 0 saturated carbocycles. The lowest BCUT2D eigenvalue weighted by molar-refractivity contribution is 0.668. The highest BCUT2D eigenvalue weighted by atomic mass is 16.3. The van der Waals surface area contributed by atoms with Crippen molar-refractivity contribution in [3.8, 4) is 11.1 Å². The molecule has 2 aliphatic heterocycles. The summed E-state index contributed by atoms with van der Waals surface area (Å²) in [4.78, 5) is 4.90. The molecule has 0 amide bonds. The molecule has 4 heterocycles. The summed E-state index contributed by atoms with van der Waals surface area (Å²) in [7, 11) is 0. The van der Waals surface area contributed by atoms with Gasteiger partial charge in [0.2, 0.25) is 0 Å². The minimum atomic E-state index is 0.0829. The van der Waals surface area contributed by atoms with Gasteiger partial charge >= 0.3 is 0 Å². The van der Waals surface area contributed by atoms with Crippen LogP contribution in [0, 0.1) is 0 Å². The lowest BCUT2D eigenvalue weighted by atomic mass is 9.33. The lowest BCUT2D eigenvalue weighted by Gasteiger charge is -2.44. The Kier molecular flexibility index (Phi) is 5.83. The Hall–Kier alpha value is -6.98. The summed E-state index contributed by atoms with van der Waals surface area (Å²) < 4.78 is 12.4. The van der Waals surface area contributed by atoms with Crippen molar-refractivity contribution < 1.29 is 8.83 Å². The van der Waals surface area contributed by atoms with Crippen molar-refractivity contribution in [3.63, 3.8) is 0 Å². The topological polar surface area (TPSA) is 32.8 Å². The number of hydrogen-bond donors (Lipinski definition) is 0.